The Bertz CT molecular complexity index is 1010. The number of non-ortho nitro benzene ring substituents is 1. The van der Waals surface area contributed by atoms with E-state index >= 15 is 0 Å². The molecular weight excluding hydrogens is 393 g/mol. The quantitative estimate of drug-likeness (QED) is 0.371. The van der Waals surface area contributed by atoms with Gasteiger partial charge in [0.2, 0.25) is 0 Å². The molecule has 10 heteroatoms. The number of nitro groups is 1. The van der Waals surface area contributed by atoms with E-state index < -0.39 is 10.7 Å². The molecule has 0 bridgehead atoms. The number of aromatic nitrogens is 2. The SMILES string of the molecule is O=[N+]([O-])c1cccc(NC(=S)Nc2cnn(Cc3ccc(F)cc3Cl)c2)c1. The number of hydrogen-bond acceptors (Lipinski definition) is 4. The predicted molar refractivity (Wildman–Crippen MR) is 106 cm³/mol. The molecule has 0 atom stereocenters. The fourth-order valence-electron chi connectivity index (χ4n) is 2.33. The van der Waals surface area contributed by atoms with Crippen LogP contribution in [0.3, 0.4) is 0 Å². The van der Waals surface area contributed by atoms with Gasteiger partial charge in [0, 0.05) is 29.0 Å². The number of nitrogens with zero attached hydrogens (tertiary/aromatic N) is 3. The highest BCUT2D eigenvalue weighted by Gasteiger charge is 2.08. The first-order valence-electron chi connectivity index (χ1n) is 7.69. The minimum absolute atomic E-state index is 0.0354. The molecule has 1 heterocycles. The van der Waals surface area contributed by atoms with Gasteiger partial charge in [-0.25, -0.2) is 4.39 Å². The fraction of sp³-hybridized carbons (Fsp3) is 0.0588. The third-order valence-corrected chi connectivity index (χ3v) is 4.11. The van der Waals surface area contributed by atoms with Crippen LogP contribution < -0.4 is 10.6 Å². The summed E-state index contributed by atoms with van der Waals surface area (Å²) in [6.45, 7) is 0.367. The van der Waals surface area contributed by atoms with E-state index in [2.05, 4.69) is 15.7 Å². The summed E-state index contributed by atoms with van der Waals surface area (Å²) in [5.41, 5.74) is 1.81. The molecule has 7 nitrogen and oxygen atoms in total. The van der Waals surface area contributed by atoms with Gasteiger partial charge in [-0.05, 0) is 36.0 Å². The molecule has 138 valence electrons. The second kappa shape index (κ2) is 8.11. The predicted octanol–water partition coefficient (Wildman–Crippen LogP) is 4.44. The van der Waals surface area contributed by atoms with Gasteiger partial charge in [-0.2, -0.15) is 5.10 Å². The molecule has 0 aliphatic rings. The summed E-state index contributed by atoms with van der Waals surface area (Å²) in [7, 11) is 0. The van der Waals surface area contributed by atoms with Crippen LogP contribution in [0, 0.1) is 15.9 Å². The van der Waals surface area contributed by atoms with Crippen molar-refractivity contribution in [1.82, 2.24) is 9.78 Å². The van der Waals surface area contributed by atoms with E-state index in [0.717, 1.165) is 5.56 Å². The summed E-state index contributed by atoms with van der Waals surface area (Å²) < 4.78 is 14.7. The first-order valence-corrected chi connectivity index (χ1v) is 8.48. The second-order valence-corrected chi connectivity index (χ2v) is 6.36. The average molecular weight is 406 g/mol. The van der Waals surface area contributed by atoms with Crippen molar-refractivity contribution in [3.8, 4) is 0 Å². The average Bonchev–Trinajstić information content (AvgIpc) is 3.04. The number of nitrogens with one attached hydrogen (secondary N) is 2. The minimum atomic E-state index is -0.480. The lowest BCUT2D eigenvalue weighted by molar-refractivity contribution is -0.384. The largest absolute Gasteiger partial charge is 0.332 e. The van der Waals surface area contributed by atoms with Crippen LogP contribution in [0.5, 0.6) is 0 Å². The molecule has 0 aliphatic carbocycles. The molecule has 0 aliphatic heterocycles. The Hall–Kier alpha value is -3.04. The Labute approximate surface area is 163 Å². The van der Waals surface area contributed by atoms with Gasteiger partial charge in [-0.15, -0.1) is 0 Å². The van der Waals surface area contributed by atoms with Crippen LogP contribution in [-0.2, 0) is 6.54 Å². The molecule has 2 aromatic carbocycles. The molecule has 1 aromatic heterocycles. The number of halogens is 2. The molecular formula is C17H13ClFN5O2S. The number of anilines is 2. The van der Waals surface area contributed by atoms with Gasteiger partial charge in [0.15, 0.2) is 5.11 Å². The molecule has 27 heavy (non-hydrogen) atoms. The lowest BCUT2D eigenvalue weighted by Gasteiger charge is -2.08. The number of benzene rings is 2. The van der Waals surface area contributed by atoms with Gasteiger partial charge in [0.1, 0.15) is 5.82 Å². The Balaban J connectivity index is 1.62. The number of rotatable bonds is 5. The van der Waals surface area contributed by atoms with Crippen LogP contribution in [0.25, 0.3) is 0 Å². The van der Waals surface area contributed by atoms with Gasteiger partial charge in [-0.1, -0.05) is 23.7 Å². The van der Waals surface area contributed by atoms with Gasteiger partial charge < -0.3 is 10.6 Å². The molecule has 3 rings (SSSR count). The molecule has 0 saturated carbocycles. The Morgan fingerprint density at radius 1 is 1.26 bits per heavy atom. The zero-order chi connectivity index (χ0) is 19.4. The molecule has 0 unspecified atom stereocenters. The number of nitro benzene ring substituents is 1. The van der Waals surface area contributed by atoms with Crippen LogP contribution in [-0.4, -0.2) is 19.8 Å². The maximum absolute atomic E-state index is 13.1. The molecule has 0 radical (unpaired) electrons. The first kappa shape index (κ1) is 18.7. The van der Waals surface area contributed by atoms with Crippen molar-refractivity contribution in [1.29, 1.82) is 0 Å². The second-order valence-electron chi connectivity index (χ2n) is 5.55. The standard InChI is InChI=1S/C17H13ClFN5O2S/c18-16-6-12(19)5-4-11(16)9-23-10-14(8-20-23)22-17(27)21-13-2-1-3-15(7-13)24(25)26/h1-8,10H,9H2,(H2,21,22,27). The maximum Gasteiger partial charge on any atom is 0.271 e. The lowest BCUT2D eigenvalue weighted by atomic mass is 10.2. The van der Waals surface area contributed by atoms with Crippen LogP contribution in [0.1, 0.15) is 5.56 Å². The van der Waals surface area contributed by atoms with E-state index in [4.69, 9.17) is 23.8 Å². The highest BCUT2D eigenvalue weighted by Crippen LogP contribution is 2.20. The van der Waals surface area contributed by atoms with E-state index in [1.807, 2.05) is 0 Å². The van der Waals surface area contributed by atoms with Gasteiger partial charge in [0.25, 0.3) is 5.69 Å². The summed E-state index contributed by atoms with van der Waals surface area (Å²) in [4.78, 5) is 10.3. The monoisotopic (exact) mass is 405 g/mol. The van der Waals surface area contributed by atoms with Crippen molar-refractivity contribution in [2.75, 3.05) is 10.6 Å². The van der Waals surface area contributed by atoms with Gasteiger partial charge >= 0.3 is 0 Å². The summed E-state index contributed by atoms with van der Waals surface area (Å²) >= 11 is 11.2. The van der Waals surface area contributed by atoms with Crippen LogP contribution in [0.2, 0.25) is 5.02 Å². The maximum atomic E-state index is 13.1. The third kappa shape index (κ3) is 4.99. The zero-order valence-corrected chi connectivity index (χ0v) is 15.3. The fourth-order valence-corrected chi connectivity index (χ4v) is 2.79. The van der Waals surface area contributed by atoms with Gasteiger partial charge in [-0.3, -0.25) is 14.8 Å². The molecule has 3 aromatic rings. The Morgan fingerprint density at radius 3 is 2.78 bits per heavy atom. The first-order chi connectivity index (χ1) is 12.9. The van der Waals surface area contributed by atoms with E-state index in [1.165, 1.54) is 24.3 Å². The van der Waals surface area contributed by atoms with Crippen LogP contribution in [0.4, 0.5) is 21.5 Å². The lowest BCUT2D eigenvalue weighted by Crippen LogP contribution is -2.18. The van der Waals surface area contributed by atoms with E-state index in [1.54, 1.807) is 35.3 Å². The summed E-state index contributed by atoms with van der Waals surface area (Å²) in [6.07, 6.45) is 3.28. The molecule has 0 spiro atoms. The Kier molecular flexibility index (Phi) is 5.63. The van der Waals surface area contributed by atoms with E-state index in [9.17, 15) is 14.5 Å². The normalized spacial score (nSPS) is 10.4. The molecule has 0 saturated heterocycles. The van der Waals surface area contributed by atoms with E-state index in [0.29, 0.717) is 22.9 Å². The molecule has 0 fully saturated rings. The topological polar surface area (TPSA) is 85.0 Å². The minimum Gasteiger partial charge on any atom is -0.332 e. The molecule has 2 N–H and O–H groups in total. The number of thiocarbonyl (C=S) groups is 1. The smallest absolute Gasteiger partial charge is 0.271 e. The summed E-state index contributed by atoms with van der Waals surface area (Å²) in [6, 6.07) is 10.2. The van der Waals surface area contributed by atoms with Crippen LogP contribution >= 0.6 is 23.8 Å². The van der Waals surface area contributed by atoms with Crippen molar-refractivity contribution in [2.24, 2.45) is 0 Å². The Morgan fingerprint density at radius 2 is 2.04 bits per heavy atom. The van der Waals surface area contributed by atoms with Gasteiger partial charge in [0.05, 0.1) is 23.4 Å². The van der Waals surface area contributed by atoms with Crippen molar-refractivity contribution in [3.63, 3.8) is 0 Å². The zero-order valence-electron chi connectivity index (χ0n) is 13.7. The summed E-state index contributed by atoms with van der Waals surface area (Å²) in [5, 5.41) is 21.4. The van der Waals surface area contributed by atoms with Crippen molar-refractivity contribution >= 4 is 46.0 Å². The number of hydrogen-bond donors (Lipinski definition) is 2. The van der Waals surface area contributed by atoms with Crippen LogP contribution in [0.15, 0.2) is 54.9 Å². The molecule has 0 amide bonds. The van der Waals surface area contributed by atoms with E-state index in [-0.39, 0.29) is 10.8 Å². The third-order valence-electron chi connectivity index (χ3n) is 3.55. The highest BCUT2D eigenvalue weighted by atomic mass is 35.5. The van der Waals surface area contributed by atoms with Crippen molar-refractivity contribution in [2.45, 2.75) is 6.54 Å². The summed E-state index contributed by atoms with van der Waals surface area (Å²) in [5.74, 6) is -0.399. The van der Waals surface area contributed by atoms with Crippen molar-refractivity contribution < 1.29 is 9.31 Å². The highest BCUT2D eigenvalue weighted by molar-refractivity contribution is 7.80. The van der Waals surface area contributed by atoms with Crippen molar-refractivity contribution in [3.05, 3.63) is 81.4 Å².